The van der Waals surface area contributed by atoms with Crippen LogP contribution >= 0.6 is 23.5 Å². The Morgan fingerprint density at radius 1 is 1.15 bits per heavy atom. The minimum absolute atomic E-state index is 0.164. The third kappa shape index (κ3) is 4.41. The highest BCUT2D eigenvalue weighted by Gasteiger charge is 2.29. The van der Waals surface area contributed by atoms with E-state index in [1.807, 2.05) is 48.5 Å². The molecule has 1 unspecified atom stereocenters. The van der Waals surface area contributed by atoms with Gasteiger partial charge < -0.3 is 14.8 Å². The number of rotatable bonds is 6. The largest absolute Gasteiger partial charge is 0.493 e. The average Bonchev–Trinajstić information content (AvgIpc) is 2.72. The standard InChI is InChI=1S/C20H18N2O3S2/c1-24-16-9-8-14(10-17(16)25-2)19-22-18(23)15(11-21)20(27-19)26-12-13-6-4-3-5-7-13/h3-10,19H,12H2,1-2H3,(H,22,23). The Morgan fingerprint density at radius 2 is 1.89 bits per heavy atom. The Balaban J connectivity index is 1.83. The molecule has 1 aliphatic rings. The van der Waals surface area contributed by atoms with E-state index in [0.29, 0.717) is 17.3 Å². The molecule has 2 aromatic rings. The zero-order chi connectivity index (χ0) is 19.2. The molecular formula is C20H18N2O3S2. The molecule has 1 aliphatic heterocycles. The van der Waals surface area contributed by atoms with Crippen molar-refractivity contribution in [3.8, 4) is 17.6 Å². The lowest BCUT2D eigenvalue weighted by atomic mass is 10.2. The van der Waals surface area contributed by atoms with Gasteiger partial charge >= 0.3 is 0 Å². The maximum Gasteiger partial charge on any atom is 0.264 e. The molecule has 1 heterocycles. The molecule has 1 N–H and O–H groups in total. The molecule has 5 nitrogen and oxygen atoms in total. The second-order valence-electron chi connectivity index (χ2n) is 5.63. The van der Waals surface area contributed by atoms with Crippen molar-refractivity contribution in [3.05, 3.63) is 69.5 Å². The van der Waals surface area contributed by atoms with E-state index < -0.39 is 0 Å². The minimum atomic E-state index is -0.355. The number of methoxy groups -OCH3 is 2. The van der Waals surface area contributed by atoms with Crippen LogP contribution in [0.1, 0.15) is 16.5 Å². The summed E-state index contributed by atoms with van der Waals surface area (Å²) in [4.78, 5) is 12.4. The van der Waals surface area contributed by atoms with Gasteiger partial charge in [-0.25, -0.2) is 0 Å². The minimum Gasteiger partial charge on any atom is -0.493 e. The normalized spacial score (nSPS) is 16.5. The molecule has 0 aromatic heterocycles. The molecule has 0 fully saturated rings. The quantitative estimate of drug-likeness (QED) is 0.785. The number of benzene rings is 2. The van der Waals surface area contributed by atoms with Gasteiger partial charge in [-0.15, -0.1) is 11.8 Å². The molecule has 7 heteroatoms. The number of hydrogen-bond donors (Lipinski definition) is 1. The number of amides is 1. The molecule has 0 spiro atoms. The van der Waals surface area contributed by atoms with Crippen molar-refractivity contribution in [1.29, 1.82) is 5.26 Å². The van der Waals surface area contributed by atoms with Crippen molar-refractivity contribution in [2.24, 2.45) is 0 Å². The van der Waals surface area contributed by atoms with E-state index in [2.05, 4.69) is 5.32 Å². The summed E-state index contributed by atoms with van der Waals surface area (Å²) in [5.41, 5.74) is 2.18. The molecule has 0 bridgehead atoms. The molecular weight excluding hydrogens is 380 g/mol. The number of nitrogens with one attached hydrogen (secondary N) is 1. The Labute approximate surface area is 166 Å². The summed E-state index contributed by atoms with van der Waals surface area (Å²) in [5, 5.41) is 12.0. The smallest absolute Gasteiger partial charge is 0.264 e. The SMILES string of the molecule is COc1ccc(C2NC(=O)C(C#N)=C(SCc3ccccc3)S2)cc1OC. The number of carbonyl (C=O) groups excluding carboxylic acids is 1. The van der Waals surface area contributed by atoms with Crippen LogP contribution in [0.4, 0.5) is 0 Å². The van der Waals surface area contributed by atoms with E-state index in [0.717, 1.165) is 15.4 Å². The van der Waals surface area contributed by atoms with Gasteiger partial charge in [0.25, 0.3) is 5.91 Å². The Bertz CT molecular complexity index is 907. The van der Waals surface area contributed by atoms with Gasteiger partial charge in [0.15, 0.2) is 11.5 Å². The Hall–Kier alpha value is -2.56. The zero-order valence-electron chi connectivity index (χ0n) is 14.9. The molecule has 2 aromatic carbocycles. The van der Waals surface area contributed by atoms with Crippen LogP contribution in [0.3, 0.4) is 0 Å². The van der Waals surface area contributed by atoms with Gasteiger partial charge in [0.05, 0.1) is 18.5 Å². The molecule has 1 amide bonds. The highest BCUT2D eigenvalue weighted by atomic mass is 32.2. The predicted molar refractivity (Wildman–Crippen MR) is 108 cm³/mol. The van der Waals surface area contributed by atoms with Crippen LogP contribution in [0.2, 0.25) is 0 Å². The van der Waals surface area contributed by atoms with Crippen molar-refractivity contribution in [1.82, 2.24) is 5.32 Å². The summed E-state index contributed by atoms with van der Waals surface area (Å²) in [6, 6.07) is 17.5. The molecule has 0 aliphatic carbocycles. The molecule has 3 rings (SSSR count). The molecule has 138 valence electrons. The summed E-state index contributed by atoms with van der Waals surface area (Å²) < 4.78 is 11.3. The number of nitriles is 1. The summed E-state index contributed by atoms with van der Waals surface area (Å²) >= 11 is 2.97. The summed E-state index contributed by atoms with van der Waals surface area (Å²) in [7, 11) is 3.15. The van der Waals surface area contributed by atoms with Crippen molar-refractivity contribution < 1.29 is 14.3 Å². The third-order valence-corrected chi connectivity index (χ3v) is 6.58. The predicted octanol–water partition coefficient (Wildman–Crippen LogP) is 4.23. The fourth-order valence-corrected chi connectivity index (χ4v) is 5.00. The van der Waals surface area contributed by atoms with Crippen LogP contribution in [0.15, 0.2) is 58.3 Å². The van der Waals surface area contributed by atoms with Crippen LogP contribution in [-0.4, -0.2) is 20.1 Å². The van der Waals surface area contributed by atoms with Gasteiger partial charge in [-0.1, -0.05) is 48.2 Å². The Morgan fingerprint density at radius 3 is 2.56 bits per heavy atom. The van der Waals surface area contributed by atoms with Crippen LogP contribution in [0, 0.1) is 11.3 Å². The highest BCUT2D eigenvalue weighted by Crippen LogP contribution is 2.45. The fourth-order valence-electron chi connectivity index (χ4n) is 2.57. The van der Waals surface area contributed by atoms with E-state index in [1.165, 1.54) is 23.5 Å². The van der Waals surface area contributed by atoms with Gasteiger partial charge in [0.1, 0.15) is 17.0 Å². The number of thioether (sulfide) groups is 2. The summed E-state index contributed by atoms with van der Waals surface area (Å²) in [6.45, 7) is 0. The fraction of sp³-hybridized carbons (Fsp3) is 0.200. The van der Waals surface area contributed by atoms with E-state index >= 15 is 0 Å². The van der Waals surface area contributed by atoms with Crippen molar-refractivity contribution in [2.75, 3.05) is 14.2 Å². The highest BCUT2D eigenvalue weighted by molar-refractivity contribution is 8.22. The van der Waals surface area contributed by atoms with E-state index in [4.69, 9.17) is 9.47 Å². The maximum absolute atomic E-state index is 12.4. The van der Waals surface area contributed by atoms with Crippen molar-refractivity contribution in [3.63, 3.8) is 0 Å². The summed E-state index contributed by atoms with van der Waals surface area (Å²) in [6.07, 6.45) is 0. The van der Waals surface area contributed by atoms with Crippen LogP contribution in [0.25, 0.3) is 0 Å². The van der Waals surface area contributed by atoms with Gasteiger partial charge in [-0.3, -0.25) is 4.79 Å². The van der Waals surface area contributed by atoms with Crippen molar-refractivity contribution >= 4 is 29.4 Å². The van der Waals surface area contributed by atoms with Gasteiger partial charge in [0, 0.05) is 5.75 Å². The molecule has 0 radical (unpaired) electrons. The van der Waals surface area contributed by atoms with E-state index in [9.17, 15) is 10.1 Å². The topological polar surface area (TPSA) is 71.3 Å². The van der Waals surface area contributed by atoms with Crippen molar-refractivity contribution in [2.45, 2.75) is 11.1 Å². The zero-order valence-corrected chi connectivity index (χ0v) is 16.5. The lowest BCUT2D eigenvalue weighted by molar-refractivity contribution is -0.117. The number of nitrogens with zero attached hydrogens (tertiary/aromatic N) is 1. The first kappa shape index (κ1) is 19.2. The average molecular weight is 399 g/mol. The molecule has 0 saturated heterocycles. The number of carbonyl (C=O) groups is 1. The monoisotopic (exact) mass is 398 g/mol. The molecule has 0 saturated carbocycles. The van der Waals surface area contributed by atoms with E-state index in [1.54, 1.807) is 20.3 Å². The third-order valence-electron chi connectivity index (χ3n) is 3.95. The second kappa shape index (κ2) is 8.89. The van der Waals surface area contributed by atoms with E-state index in [-0.39, 0.29) is 16.9 Å². The molecule has 27 heavy (non-hydrogen) atoms. The Kier molecular flexibility index (Phi) is 6.32. The van der Waals surface area contributed by atoms with Gasteiger partial charge in [-0.05, 0) is 23.3 Å². The first-order valence-corrected chi connectivity index (χ1v) is 10.0. The number of ether oxygens (including phenoxy) is 2. The van der Waals surface area contributed by atoms with Crippen LogP contribution in [0.5, 0.6) is 11.5 Å². The van der Waals surface area contributed by atoms with Gasteiger partial charge in [-0.2, -0.15) is 5.26 Å². The maximum atomic E-state index is 12.4. The summed E-state index contributed by atoms with van der Waals surface area (Å²) in [5.74, 6) is 1.56. The second-order valence-corrected chi connectivity index (χ2v) is 7.99. The van der Waals surface area contributed by atoms with Crippen LogP contribution < -0.4 is 14.8 Å². The number of hydrogen-bond acceptors (Lipinski definition) is 6. The van der Waals surface area contributed by atoms with Crippen LogP contribution in [-0.2, 0) is 10.5 Å². The molecule has 1 atom stereocenters. The lowest BCUT2D eigenvalue weighted by Gasteiger charge is -2.25. The lowest BCUT2D eigenvalue weighted by Crippen LogP contribution is -2.31. The van der Waals surface area contributed by atoms with Gasteiger partial charge in [0.2, 0.25) is 0 Å². The first-order chi connectivity index (χ1) is 13.2. The first-order valence-electron chi connectivity index (χ1n) is 8.16.